The van der Waals surface area contributed by atoms with Crippen molar-refractivity contribution in [3.05, 3.63) is 42.1 Å². The lowest BCUT2D eigenvalue weighted by Gasteiger charge is -2.55. The van der Waals surface area contributed by atoms with E-state index in [1.807, 2.05) is 31.3 Å². The average molecular weight is 405 g/mol. The summed E-state index contributed by atoms with van der Waals surface area (Å²) in [5.41, 5.74) is 2.65. The number of carbonyl (C=O) groups excluding carboxylic acids is 1. The van der Waals surface area contributed by atoms with Crippen molar-refractivity contribution in [1.29, 1.82) is 0 Å². The Labute approximate surface area is 179 Å². The SMILES string of the molecule is Cn1nc(-c2ccccc2)cc1C(=O)N1C[C@@H]2C[C@H](C1)[C@@H]1CCC[C@H](C3CC3)N1C2. The number of fused-ring (bicyclic) bond motifs is 4. The van der Waals surface area contributed by atoms with E-state index in [0.29, 0.717) is 23.6 Å². The van der Waals surface area contributed by atoms with Crippen LogP contribution in [0.1, 0.15) is 49.0 Å². The third-order valence-corrected chi connectivity index (χ3v) is 8.06. The lowest BCUT2D eigenvalue weighted by atomic mass is 9.74. The largest absolute Gasteiger partial charge is 0.337 e. The van der Waals surface area contributed by atoms with Gasteiger partial charge in [0.1, 0.15) is 5.69 Å². The van der Waals surface area contributed by atoms with Crippen LogP contribution in [0.3, 0.4) is 0 Å². The van der Waals surface area contributed by atoms with Gasteiger partial charge in [-0.05, 0) is 55.9 Å². The fourth-order valence-electron chi connectivity index (χ4n) is 6.58. The third-order valence-electron chi connectivity index (χ3n) is 8.06. The Morgan fingerprint density at radius 2 is 1.73 bits per heavy atom. The molecule has 1 amide bonds. The number of likely N-dealkylation sites (tertiary alicyclic amines) is 1. The van der Waals surface area contributed by atoms with E-state index in [-0.39, 0.29) is 5.91 Å². The van der Waals surface area contributed by atoms with Gasteiger partial charge in [-0.15, -0.1) is 0 Å². The predicted octanol–water partition coefficient (Wildman–Crippen LogP) is 3.81. The van der Waals surface area contributed by atoms with E-state index >= 15 is 0 Å². The smallest absolute Gasteiger partial charge is 0.272 e. The van der Waals surface area contributed by atoms with Crippen molar-refractivity contribution < 1.29 is 4.79 Å². The zero-order valence-electron chi connectivity index (χ0n) is 17.9. The molecule has 0 spiro atoms. The summed E-state index contributed by atoms with van der Waals surface area (Å²) in [7, 11) is 1.90. The monoisotopic (exact) mass is 404 g/mol. The van der Waals surface area contributed by atoms with E-state index in [0.717, 1.165) is 36.3 Å². The molecule has 30 heavy (non-hydrogen) atoms. The molecule has 0 N–H and O–H groups in total. The van der Waals surface area contributed by atoms with Gasteiger partial charge in [0.25, 0.3) is 5.91 Å². The topological polar surface area (TPSA) is 41.4 Å². The quantitative estimate of drug-likeness (QED) is 0.781. The van der Waals surface area contributed by atoms with Crippen molar-refractivity contribution >= 4 is 5.91 Å². The lowest BCUT2D eigenvalue weighted by molar-refractivity contribution is -0.0552. The molecule has 1 aliphatic carbocycles. The van der Waals surface area contributed by atoms with Gasteiger partial charge in [-0.25, -0.2) is 0 Å². The first-order chi connectivity index (χ1) is 14.7. The summed E-state index contributed by atoms with van der Waals surface area (Å²) in [6, 6.07) is 13.6. The first-order valence-electron chi connectivity index (χ1n) is 11.8. The van der Waals surface area contributed by atoms with Crippen molar-refractivity contribution in [2.24, 2.45) is 24.8 Å². The van der Waals surface area contributed by atoms with E-state index in [1.54, 1.807) is 4.68 Å². The van der Waals surface area contributed by atoms with Crippen LogP contribution in [0.15, 0.2) is 36.4 Å². The van der Waals surface area contributed by atoms with Gasteiger partial charge in [0.2, 0.25) is 0 Å². The van der Waals surface area contributed by atoms with Gasteiger partial charge in [0.15, 0.2) is 0 Å². The fourth-order valence-corrected chi connectivity index (χ4v) is 6.58. The van der Waals surface area contributed by atoms with Crippen LogP contribution in [-0.4, -0.2) is 57.2 Å². The summed E-state index contributed by atoms with van der Waals surface area (Å²) in [5.74, 6) is 2.40. The molecule has 6 rings (SSSR count). The number of hydrogen-bond donors (Lipinski definition) is 0. The van der Waals surface area contributed by atoms with Crippen molar-refractivity contribution in [3.8, 4) is 11.3 Å². The number of aromatic nitrogens is 2. The summed E-state index contributed by atoms with van der Waals surface area (Å²) in [4.78, 5) is 18.5. The highest BCUT2D eigenvalue weighted by atomic mass is 16.2. The molecule has 4 heterocycles. The lowest BCUT2D eigenvalue weighted by Crippen LogP contribution is -2.62. The summed E-state index contributed by atoms with van der Waals surface area (Å²) in [5, 5.41) is 4.63. The van der Waals surface area contributed by atoms with E-state index in [9.17, 15) is 4.79 Å². The maximum absolute atomic E-state index is 13.5. The number of amides is 1. The number of piperidine rings is 3. The molecule has 1 saturated carbocycles. The van der Waals surface area contributed by atoms with Gasteiger partial charge >= 0.3 is 0 Å². The second-order valence-corrected chi connectivity index (χ2v) is 10.1. The number of benzene rings is 1. The minimum Gasteiger partial charge on any atom is -0.337 e. The van der Waals surface area contributed by atoms with E-state index in [4.69, 9.17) is 0 Å². The molecule has 2 bridgehead atoms. The van der Waals surface area contributed by atoms with Gasteiger partial charge in [0.05, 0.1) is 5.69 Å². The van der Waals surface area contributed by atoms with E-state index in [1.165, 1.54) is 45.1 Å². The van der Waals surface area contributed by atoms with Crippen molar-refractivity contribution in [3.63, 3.8) is 0 Å². The summed E-state index contributed by atoms with van der Waals surface area (Å²) in [6.45, 7) is 3.02. The second kappa shape index (κ2) is 7.23. The molecule has 0 unspecified atom stereocenters. The predicted molar refractivity (Wildman–Crippen MR) is 117 cm³/mol. The molecule has 4 atom stereocenters. The maximum atomic E-state index is 13.5. The molecule has 4 aliphatic rings. The first kappa shape index (κ1) is 18.6. The molecule has 158 valence electrons. The summed E-state index contributed by atoms with van der Waals surface area (Å²) in [6.07, 6.45) is 8.30. The van der Waals surface area contributed by atoms with Gasteiger partial charge in [-0.1, -0.05) is 36.8 Å². The number of carbonyl (C=O) groups is 1. The molecule has 4 fully saturated rings. The zero-order valence-corrected chi connectivity index (χ0v) is 17.9. The molecule has 5 heteroatoms. The van der Waals surface area contributed by atoms with Crippen molar-refractivity contribution in [2.75, 3.05) is 19.6 Å². The maximum Gasteiger partial charge on any atom is 0.272 e. The molecular formula is C25H32N4O. The van der Waals surface area contributed by atoms with E-state index in [2.05, 4.69) is 27.0 Å². The van der Waals surface area contributed by atoms with E-state index < -0.39 is 0 Å². The van der Waals surface area contributed by atoms with Gasteiger partial charge < -0.3 is 4.90 Å². The fraction of sp³-hybridized carbons (Fsp3) is 0.600. The van der Waals surface area contributed by atoms with Gasteiger partial charge in [0, 0.05) is 44.3 Å². The Morgan fingerprint density at radius 1 is 0.967 bits per heavy atom. The Morgan fingerprint density at radius 3 is 2.50 bits per heavy atom. The molecule has 3 saturated heterocycles. The van der Waals surface area contributed by atoms with Crippen LogP contribution in [0, 0.1) is 17.8 Å². The Balaban J connectivity index is 1.21. The summed E-state index contributed by atoms with van der Waals surface area (Å²) < 4.78 is 1.77. The van der Waals surface area contributed by atoms with Crippen LogP contribution in [0.25, 0.3) is 11.3 Å². The average Bonchev–Trinajstić information content (AvgIpc) is 3.54. The molecule has 3 aliphatic heterocycles. The minimum atomic E-state index is 0.157. The minimum absolute atomic E-state index is 0.157. The van der Waals surface area contributed by atoms with Crippen LogP contribution in [0.2, 0.25) is 0 Å². The molecule has 1 aromatic carbocycles. The molecule has 2 aromatic rings. The second-order valence-electron chi connectivity index (χ2n) is 10.1. The van der Waals surface area contributed by atoms with Crippen LogP contribution >= 0.6 is 0 Å². The number of rotatable bonds is 3. The number of aryl methyl sites for hydroxylation is 1. The molecular weight excluding hydrogens is 372 g/mol. The van der Waals surface area contributed by atoms with Crippen molar-refractivity contribution in [2.45, 2.75) is 50.6 Å². The van der Waals surface area contributed by atoms with Crippen LogP contribution in [-0.2, 0) is 7.05 Å². The normalized spacial score (nSPS) is 31.4. The van der Waals surface area contributed by atoms with Crippen LogP contribution in [0.5, 0.6) is 0 Å². The first-order valence-corrected chi connectivity index (χ1v) is 11.8. The number of hydrogen-bond acceptors (Lipinski definition) is 3. The summed E-state index contributed by atoms with van der Waals surface area (Å²) >= 11 is 0. The molecule has 0 radical (unpaired) electrons. The van der Waals surface area contributed by atoms with Crippen molar-refractivity contribution in [1.82, 2.24) is 19.6 Å². The van der Waals surface area contributed by atoms with Crippen LogP contribution < -0.4 is 0 Å². The third kappa shape index (κ3) is 3.18. The van der Waals surface area contributed by atoms with Crippen LogP contribution in [0.4, 0.5) is 0 Å². The standard InChI is InChI=1S/C25H32N4O/c1-27-24(13-21(26-27)18-6-3-2-4-7-18)25(30)28-14-17-12-20(16-28)23-9-5-8-22(19-10-11-19)29(23)15-17/h2-4,6-7,13,17,19-20,22-23H,5,8-12,14-16H2,1H3/t17-,20+,22+,23-/m0/s1. The zero-order chi connectivity index (χ0) is 20.2. The Hall–Kier alpha value is -2.14. The van der Waals surface area contributed by atoms with Gasteiger partial charge in [-0.2, -0.15) is 5.10 Å². The highest BCUT2D eigenvalue weighted by Crippen LogP contribution is 2.46. The highest BCUT2D eigenvalue weighted by molar-refractivity contribution is 5.93. The van der Waals surface area contributed by atoms with Gasteiger partial charge in [-0.3, -0.25) is 14.4 Å². The molecule has 1 aromatic heterocycles. The molecule has 5 nitrogen and oxygen atoms in total. The number of nitrogens with zero attached hydrogens (tertiary/aromatic N) is 4. The Kier molecular flexibility index (Phi) is 4.48. The highest BCUT2D eigenvalue weighted by Gasteiger charge is 2.48. The Bertz CT molecular complexity index is 934.